The van der Waals surface area contributed by atoms with Gasteiger partial charge in [0, 0.05) is 24.9 Å². The molecular weight excluding hydrogens is 253 g/mol. The number of amides is 2. The number of nitrogens with zero attached hydrogens (tertiary/aromatic N) is 1. The second-order valence-corrected chi connectivity index (χ2v) is 3.43. The molecule has 0 atom stereocenters. The third-order valence-electron chi connectivity index (χ3n) is 1.95. The number of carboxylic acid groups (broad SMARTS) is 1. The predicted molar refractivity (Wildman–Crippen MR) is 55.6 cm³/mol. The Bertz CT molecular complexity index is 470. The van der Waals surface area contributed by atoms with Gasteiger partial charge in [-0.3, -0.25) is 4.79 Å². The monoisotopic (exact) mass is 262 g/mol. The average molecular weight is 262 g/mol. The lowest BCUT2D eigenvalue weighted by atomic mass is 10.3. The summed E-state index contributed by atoms with van der Waals surface area (Å²) in [7, 11) is 1.18. The summed E-state index contributed by atoms with van der Waals surface area (Å²) in [6.07, 6.45) is 0. The van der Waals surface area contributed by atoms with Gasteiger partial charge in [-0.05, 0) is 0 Å². The number of hydrogen-bond donors (Lipinski definition) is 2. The molecule has 1 rings (SSSR count). The van der Waals surface area contributed by atoms with E-state index in [1.54, 1.807) is 0 Å². The first-order chi connectivity index (χ1) is 8.31. The lowest BCUT2D eigenvalue weighted by molar-refractivity contribution is -0.137. The number of aliphatic carboxylic acids is 1. The number of carbonyl (C=O) groups is 2. The highest BCUT2D eigenvalue weighted by Gasteiger charge is 2.15. The third-order valence-corrected chi connectivity index (χ3v) is 1.95. The zero-order valence-corrected chi connectivity index (χ0v) is 9.21. The molecule has 5 nitrogen and oxygen atoms in total. The van der Waals surface area contributed by atoms with Crippen LogP contribution in [0.15, 0.2) is 12.1 Å². The Balaban J connectivity index is 2.79. The molecule has 0 unspecified atom stereocenters. The molecule has 0 aliphatic rings. The number of urea groups is 1. The molecule has 0 saturated heterocycles. The number of nitrogens with one attached hydrogen (secondary N) is 1. The predicted octanol–water partition coefficient (Wildman–Crippen LogP) is 1.65. The minimum Gasteiger partial charge on any atom is -0.480 e. The number of benzene rings is 1. The van der Waals surface area contributed by atoms with Gasteiger partial charge in [0.1, 0.15) is 6.54 Å². The second-order valence-electron chi connectivity index (χ2n) is 3.43. The largest absolute Gasteiger partial charge is 0.480 e. The van der Waals surface area contributed by atoms with E-state index in [1.807, 2.05) is 5.32 Å². The van der Waals surface area contributed by atoms with Crippen molar-refractivity contribution in [1.82, 2.24) is 4.90 Å². The van der Waals surface area contributed by atoms with Gasteiger partial charge in [0.25, 0.3) is 0 Å². The van der Waals surface area contributed by atoms with Crippen molar-refractivity contribution in [2.45, 2.75) is 0 Å². The van der Waals surface area contributed by atoms with Crippen LogP contribution in [0.3, 0.4) is 0 Å². The van der Waals surface area contributed by atoms with E-state index in [-0.39, 0.29) is 5.69 Å². The number of carboxylic acids is 1. The molecule has 0 heterocycles. The Morgan fingerprint density at radius 2 is 1.78 bits per heavy atom. The van der Waals surface area contributed by atoms with E-state index in [2.05, 4.69) is 0 Å². The summed E-state index contributed by atoms with van der Waals surface area (Å²) >= 11 is 0. The SMILES string of the molecule is CN(CC(=O)O)C(=O)Nc1cc(F)c(F)c(F)c1. The van der Waals surface area contributed by atoms with Crippen LogP contribution in [0.25, 0.3) is 0 Å². The zero-order chi connectivity index (χ0) is 13.9. The summed E-state index contributed by atoms with van der Waals surface area (Å²) in [6, 6.07) is 0.290. The van der Waals surface area contributed by atoms with Gasteiger partial charge in [0.15, 0.2) is 17.5 Å². The number of rotatable bonds is 3. The van der Waals surface area contributed by atoms with Crippen LogP contribution < -0.4 is 5.32 Å². The smallest absolute Gasteiger partial charge is 0.323 e. The molecule has 0 saturated carbocycles. The van der Waals surface area contributed by atoms with Crippen LogP contribution in [0.2, 0.25) is 0 Å². The fourth-order valence-electron chi connectivity index (χ4n) is 1.12. The summed E-state index contributed by atoms with van der Waals surface area (Å²) in [5, 5.41) is 10.5. The maximum absolute atomic E-state index is 12.8. The van der Waals surface area contributed by atoms with Crippen LogP contribution in [0, 0.1) is 17.5 Å². The molecular formula is C10H9F3N2O3. The highest BCUT2D eigenvalue weighted by Crippen LogP contribution is 2.17. The van der Waals surface area contributed by atoms with Crippen molar-refractivity contribution in [3.63, 3.8) is 0 Å². The van der Waals surface area contributed by atoms with Crippen molar-refractivity contribution in [1.29, 1.82) is 0 Å². The van der Waals surface area contributed by atoms with E-state index in [9.17, 15) is 22.8 Å². The van der Waals surface area contributed by atoms with Crippen molar-refractivity contribution in [2.24, 2.45) is 0 Å². The number of carbonyl (C=O) groups excluding carboxylic acids is 1. The highest BCUT2D eigenvalue weighted by atomic mass is 19.2. The summed E-state index contributed by atoms with van der Waals surface area (Å²) in [5.41, 5.74) is -0.311. The van der Waals surface area contributed by atoms with Crippen molar-refractivity contribution in [3.8, 4) is 0 Å². The first-order valence-electron chi connectivity index (χ1n) is 4.69. The van der Waals surface area contributed by atoms with Gasteiger partial charge < -0.3 is 15.3 Å². The van der Waals surface area contributed by atoms with Crippen molar-refractivity contribution in [2.75, 3.05) is 18.9 Å². The molecule has 0 aromatic heterocycles. The Kier molecular flexibility index (Phi) is 4.13. The fraction of sp³-hybridized carbons (Fsp3) is 0.200. The summed E-state index contributed by atoms with van der Waals surface area (Å²) in [4.78, 5) is 22.5. The Hall–Kier alpha value is -2.25. The average Bonchev–Trinajstić information content (AvgIpc) is 2.24. The van der Waals surface area contributed by atoms with Gasteiger partial charge in [-0.25, -0.2) is 18.0 Å². The van der Waals surface area contributed by atoms with Crippen LogP contribution in [0.1, 0.15) is 0 Å². The van der Waals surface area contributed by atoms with Gasteiger partial charge in [0.05, 0.1) is 0 Å². The summed E-state index contributed by atoms with van der Waals surface area (Å²) in [6.45, 7) is -0.585. The Labute approximate surface area is 99.8 Å². The fourth-order valence-corrected chi connectivity index (χ4v) is 1.12. The van der Waals surface area contributed by atoms with Crippen molar-refractivity contribution in [3.05, 3.63) is 29.6 Å². The van der Waals surface area contributed by atoms with Gasteiger partial charge in [0.2, 0.25) is 0 Å². The van der Waals surface area contributed by atoms with Crippen LogP contribution in [-0.2, 0) is 4.79 Å². The van der Waals surface area contributed by atoms with E-state index < -0.39 is 36.0 Å². The molecule has 18 heavy (non-hydrogen) atoms. The molecule has 0 bridgehead atoms. The second kappa shape index (κ2) is 5.39. The minimum atomic E-state index is -1.65. The minimum absolute atomic E-state index is 0.311. The van der Waals surface area contributed by atoms with E-state index in [4.69, 9.17) is 5.11 Å². The van der Waals surface area contributed by atoms with Gasteiger partial charge in [-0.15, -0.1) is 0 Å². The molecule has 0 radical (unpaired) electrons. The van der Waals surface area contributed by atoms with Crippen LogP contribution in [0.4, 0.5) is 23.7 Å². The van der Waals surface area contributed by atoms with Crippen LogP contribution in [-0.4, -0.2) is 35.6 Å². The molecule has 8 heteroatoms. The van der Waals surface area contributed by atoms with E-state index in [0.29, 0.717) is 12.1 Å². The molecule has 2 N–H and O–H groups in total. The zero-order valence-electron chi connectivity index (χ0n) is 9.21. The van der Waals surface area contributed by atoms with Crippen LogP contribution >= 0.6 is 0 Å². The lowest BCUT2D eigenvalue weighted by Gasteiger charge is -2.15. The van der Waals surface area contributed by atoms with Crippen LogP contribution in [0.5, 0.6) is 0 Å². The molecule has 2 amide bonds. The van der Waals surface area contributed by atoms with Crippen molar-refractivity contribution >= 4 is 17.7 Å². The van der Waals surface area contributed by atoms with Gasteiger partial charge >= 0.3 is 12.0 Å². The van der Waals surface area contributed by atoms with E-state index in [0.717, 1.165) is 4.90 Å². The number of likely N-dealkylation sites (N-methyl/N-ethyl adjacent to an activating group) is 1. The van der Waals surface area contributed by atoms with E-state index >= 15 is 0 Å². The van der Waals surface area contributed by atoms with Gasteiger partial charge in [-0.1, -0.05) is 0 Å². The third kappa shape index (κ3) is 3.37. The summed E-state index contributed by atoms with van der Waals surface area (Å²) in [5.74, 6) is -5.80. The van der Waals surface area contributed by atoms with Crippen molar-refractivity contribution < 1.29 is 27.9 Å². The molecule has 0 aliphatic heterocycles. The molecule has 0 aliphatic carbocycles. The number of hydrogen-bond acceptors (Lipinski definition) is 2. The molecule has 0 fully saturated rings. The number of anilines is 1. The molecule has 98 valence electrons. The molecule has 0 spiro atoms. The standard InChI is InChI=1S/C10H9F3N2O3/c1-15(4-8(16)17)10(18)14-5-2-6(11)9(13)7(12)3-5/h2-3H,4H2,1H3,(H,14,18)(H,16,17). The quantitative estimate of drug-likeness (QED) is 0.814. The Morgan fingerprint density at radius 3 is 2.22 bits per heavy atom. The highest BCUT2D eigenvalue weighted by molar-refractivity contribution is 5.91. The first kappa shape index (κ1) is 13.8. The molecule has 1 aromatic rings. The molecule has 1 aromatic carbocycles. The first-order valence-corrected chi connectivity index (χ1v) is 4.69. The lowest BCUT2D eigenvalue weighted by Crippen LogP contribution is -2.35. The maximum atomic E-state index is 12.8. The Morgan fingerprint density at radius 1 is 1.28 bits per heavy atom. The summed E-state index contributed by atoms with van der Waals surface area (Å²) < 4.78 is 38.3. The topological polar surface area (TPSA) is 69.6 Å². The van der Waals surface area contributed by atoms with Gasteiger partial charge in [-0.2, -0.15) is 0 Å². The maximum Gasteiger partial charge on any atom is 0.323 e. The number of halogens is 3. The van der Waals surface area contributed by atoms with E-state index in [1.165, 1.54) is 7.05 Å². The normalized spacial score (nSPS) is 10.0.